The Morgan fingerprint density at radius 3 is 2.24 bits per heavy atom. The molecule has 25 heavy (non-hydrogen) atoms. The van der Waals surface area contributed by atoms with E-state index in [2.05, 4.69) is 79.7 Å². The van der Waals surface area contributed by atoms with Crippen LogP contribution in [0.15, 0.2) is 77.7 Å². The van der Waals surface area contributed by atoms with Gasteiger partial charge in [-0.2, -0.15) is 0 Å². The number of ether oxygens (including phenoxy) is 1. The first-order valence-corrected chi connectivity index (χ1v) is 9.58. The number of thioether (sulfide) groups is 1. The smallest absolute Gasteiger partial charge is 0.118 e. The largest absolute Gasteiger partial charge is 0.497 e. The van der Waals surface area contributed by atoms with E-state index in [9.17, 15) is 0 Å². The van der Waals surface area contributed by atoms with Crippen LogP contribution in [0.5, 0.6) is 5.75 Å². The van der Waals surface area contributed by atoms with Crippen molar-refractivity contribution in [1.29, 1.82) is 0 Å². The highest BCUT2D eigenvalue weighted by atomic mass is 32.2. The SMILES string of the molecule is COc1ccc(C2CC(c3ccc(C)cc3)c3ccccc3S2)cc1. The molecule has 0 aliphatic carbocycles. The van der Waals surface area contributed by atoms with Gasteiger partial charge in [0.2, 0.25) is 0 Å². The van der Waals surface area contributed by atoms with Crippen molar-refractivity contribution in [2.75, 3.05) is 7.11 Å². The second-order valence-corrected chi connectivity index (χ2v) is 7.86. The monoisotopic (exact) mass is 346 g/mol. The van der Waals surface area contributed by atoms with Gasteiger partial charge in [-0.05, 0) is 48.2 Å². The Labute approximate surface area is 154 Å². The van der Waals surface area contributed by atoms with Gasteiger partial charge in [-0.15, -0.1) is 11.8 Å². The molecule has 3 aromatic carbocycles. The van der Waals surface area contributed by atoms with E-state index in [-0.39, 0.29) is 0 Å². The molecule has 2 unspecified atom stereocenters. The van der Waals surface area contributed by atoms with Gasteiger partial charge in [0.25, 0.3) is 0 Å². The molecule has 1 nitrogen and oxygen atoms in total. The zero-order chi connectivity index (χ0) is 17.2. The number of benzene rings is 3. The molecule has 4 rings (SSSR count). The van der Waals surface area contributed by atoms with E-state index in [0.717, 1.165) is 12.2 Å². The average molecular weight is 346 g/mol. The van der Waals surface area contributed by atoms with Crippen molar-refractivity contribution in [2.24, 2.45) is 0 Å². The second kappa shape index (κ2) is 6.97. The van der Waals surface area contributed by atoms with Crippen LogP contribution < -0.4 is 4.74 Å². The molecular weight excluding hydrogens is 324 g/mol. The molecule has 2 atom stereocenters. The van der Waals surface area contributed by atoms with Crippen LogP contribution >= 0.6 is 11.8 Å². The quantitative estimate of drug-likeness (QED) is 0.545. The lowest BCUT2D eigenvalue weighted by atomic mass is 9.85. The van der Waals surface area contributed by atoms with E-state index >= 15 is 0 Å². The Balaban J connectivity index is 1.71. The van der Waals surface area contributed by atoms with Gasteiger partial charge in [0.05, 0.1) is 7.11 Å². The average Bonchev–Trinajstić information content (AvgIpc) is 2.68. The van der Waals surface area contributed by atoms with Crippen molar-refractivity contribution in [1.82, 2.24) is 0 Å². The minimum atomic E-state index is 0.449. The number of hydrogen-bond acceptors (Lipinski definition) is 2. The zero-order valence-electron chi connectivity index (χ0n) is 14.6. The molecular formula is C23H22OS. The maximum atomic E-state index is 5.31. The third kappa shape index (κ3) is 3.32. The lowest BCUT2D eigenvalue weighted by Crippen LogP contribution is -2.12. The van der Waals surface area contributed by atoms with E-state index in [0.29, 0.717) is 11.2 Å². The lowest BCUT2D eigenvalue weighted by molar-refractivity contribution is 0.414. The van der Waals surface area contributed by atoms with Gasteiger partial charge in [-0.3, -0.25) is 0 Å². The van der Waals surface area contributed by atoms with Crippen LogP contribution in [0.3, 0.4) is 0 Å². The van der Waals surface area contributed by atoms with Crippen LogP contribution in [-0.2, 0) is 0 Å². The highest BCUT2D eigenvalue weighted by Gasteiger charge is 2.29. The van der Waals surface area contributed by atoms with Crippen LogP contribution in [-0.4, -0.2) is 7.11 Å². The molecule has 1 aliphatic heterocycles. The summed E-state index contributed by atoms with van der Waals surface area (Å²) in [6, 6.07) is 26.4. The predicted octanol–water partition coefficient (Wildman–Crippen LogP) is 6.37. The summed E-state index contributed by atoms with van der Waals surface area (Å²) in [5, 5.41) is 0.465. The Kier molecular flexibility index (Phi) is 4.54. The molecule has 2 heteroatoms. The summed E-state index contributed by atoms with van der Waals surface area (Å²) in [6.45, 7) is 2.15. The summed E-state index contributed by atoms with van der Waals surface area (Å²) < 4.78 is 5.31. The van der Waals surface area contributed by atoms with Crippen LogP contribution in [0, 0.1) is 6.92 Å². The van der Waals surface area contributed by atoms with Gasteiger partial charge >= 0.3 is 0 Å². The number of methoxy groups -OCH3 is 1. The van der Waals surface area contributed by atoms with Gasteiger partial charge in [-0.25, -0.2) is 0 Å². The van der Waals surface area contributed by atoms with Crippen LogP contribution in [0.2, 0.25) is 0 Å². The number of aryl methyl sites for hydroxylation is 1. The fraction of sp³-hybridized carbons (Fsp3) is 0.217. The van der Waals surface area contributed by atoms with Gasteiger partial charge in [-0.1, -0.05) is 60.2 Å². The fourth-order valence-corrected chi connectivity index (χ4v) is 4.95. The van der Waals surface area contributed by atoms with Crippen LogP contribution in [0.4, 0.5) is 0 Å². The summed E-state index contributed by atoms with van der Waals surface area (Å²) in [5.41, 5.74) is 5.56. The Bertz CT molecular complexity index is 852. The Morgan fingerprint density at radius 1 is 0.840 bits per heavy atom. The maximum Gasteiger partial charge on any atom is 0.118 e. The number of fused-ring (bicyclic) bond motifs is 1. The summed E-state index contributed by atoms with van der Waals surface area (Å²) in [4.78, 5) is 1.40. The van der Waals surface area contributed by atoms with E-state index < -0.39 is 0 Å². The highest BCUT2D eigenvalue weighted by molar-refractivity contribution is 7.99. The molecule has 0 N–H and O–H groups in total. The van der Waals surface area contributed by atoms with Crippen LogP contribution in [0.25, 0.3) is 0 Å². The molecule has 0 fully saturated rings. The predicted molar refractivity (Wildman–Crippen MR) is 106 cm³/mol. The van der Waals surface area contributed by atoms with Crippen molar-refractivity contribution in [2.45, 2.75) is 29.4 Å². The molecule has 0 saturated heterocycles. The van der Waals surface area contributed by atoms with Gasteiger partial charge in [0.1, 0.15) is 5.75 Å². The highest BCUT2D eigenvalue weighted by Crippen LogP contribution is 2.51. The van der Waals surface area contributed by atoms with Crippen molar-refractivity contribution in [3.05, 3.63) is 95.1 Å². The molecule has 0 radical (unpaired) electrons. The molecule has 0 amide bonds. The normalized spacial score (nSPS) is 19.3. The van der Waals surface area contributed by atoms with E-state index in [1.165, 1.54) is 27.1 Å². The summed E-state index contributed by atoms with van der Waals surface area (Å²) >= 11 is 1.98. The molecule has 1 heterocycles. The molecule has 0 saturated carbocycles. The first-order chi connectivity index (χ1) is 12.2. The molecule has 0 bridgehead atoms. The minimum Gasteiger partial charge on any atom is -0.497 e. The fourth-order valence-electron chi connectivity index (χ4n) is 3.56. The molecule has 0 aromatic heterocycles. The number of hydrogen-bond donors (Lipinski definition) is 0. The summed E-state index contributed by atoms with van der Waals surface area (Å²) in [5.74, 6) is 1.37. The standard InChI is InChI=1S/C23H22OS/c1-16-7-9-17(10-8-16)21-15-23(18-11-13-19(24-2)14-12-18)25-22-6-4-3-5-20(21)22/h3-14,21,23H,15H2,1-2H3. The van der Waals surface area contributed by atoms with Gasteiger partial charge in [0, 0.05) is 16.1 Å². The van der Waals surface area contributed by atoms with Crippen molar-refractivity contribution < 1.29 is 4.74 Å². The molecule has 0 spiro atoms. The molecule has 126 valence electrons. The van der Waals surface area contributed by atoms with E-state index in [1.54, 1.807) is 7.11 Å². The van der Waals surface area contributed by atoms with Gasteiger partial charge in [0.15, 0.2) is 0 Å². The first-order valence-electron chi connectivity index (χ1n) is 8.70. The lowest BCUT2D eigenvalue weighted by Gasteiger charge is -2.32. The second-order valence-electron chi connectivity index (χ2n) is 6.62. The van der Waals surface area contributed by atoms with Crippen molar-refractivity contribution in [3.63, 3.8) is 0 Å². The van der Waals surface area contributed by atoms with Crippen molar-refractivity contribution >= 4 is 11.8 Å². The topological polar surface area (TPSA) is 9.23 Å². The minimum absolute atomic E-state index is 0.449. The maximum absolute atomic E-state index is 5.31. The summed E-state index contributed by atoms with van der Waals surface area (Å²) in [7, 11) is 1.72. The van der Waals surface area contributed by atoms with Crippen LogP contribution in [0.1, 0.15) is 39.8 Å². The zero-order valence-corrected chi connectivity index (χ0v) is 15.4. The Hall–Kier alpha value is -2.19. The number of rotatable bonds is 3. The summed E-state index contributed by atoms with van der Waals surface area (Å²) in [6.07, 6.45) is 1.12. The van der Waals surface area contributed by atoms with E-state index in [4.69, 9.17) is 4.74 Å². The Morgan fingerprint density at radius 2 is 1.52 bits per heavy atom. The van der Waals surface area contributed by atoms with E-state index in [1.807, 2.05) is 11.8 Å². The third-order valence-electron chi connectivity index (χ3n) is 4.98. The molecule has 1 aliphatic rings. The van der Waals surface area contributed by atoms with Gasteiger partial charge < -0.3 is 4.74 Å². The van der Waals surface area contributed by atoms with Crippen molar-refractivity contribution in [3.8, 4) is 5.75 Å². The third-order valence-corrected chi connectivity index (χ3v) is 6.36. The molecule has 3 aromatic rings. The first kappa shape index (κ1) is 16.3.